The number of morpholine rings is 1. The van der Waals surface area contributed by atoms with E-state index in [1.165, 1.54) is 27.4 Å². The van der Waals surface area contributed by atoms with E-state index in [0.717, 1.165) is 0 Å². The molecule has 1 aromatic carbocycles. The van der Waals surface area contributed by atoms with Gasteiger partial charge < -0.3 is 15.0 Å². The lowest BCUT2D eigenvalue weighted by atomic mass is 10.2. The van der Waals surface area contributed by atoms with Crippen LogP contribution in [0.2, 0.25) is 5.02 Å². The Morgan fingerprint density at radius 3 is 2.56 bits per heavy atom. The van der Waals surface area contributed by atoms with Gasteiger partial charge in [0.15, 0.2) is 0 Å². The summed E-state index contributed by atoms with van der Waals surface area (Å²) in [4.78, 5) is 25.5. The summed E-state index contributed by atoms with van der Waals surface area (Å²) in [5.41, 5.74) is 0.182. The Balaban J connectivity index is 1.90. The molecule has 0 radical (unpaired) electrons. The number of ether oxygens (including phenoxy) is 1. The first-order valence-electron chi connectivity index (χ1n) is 8.69. The van der Waals surface area contributed by atoms with Crippen molar-refractivity contribution >= 4 is 33.4 Å². The summed E-state index contributed by atoms with van der Waals surface area (Å²) in [6, 6.07) is 4.16. The number of rotatable bonds is 3. The average molecular weight is 416 g/mol. The Labute approximate surface area is 163 Å². The second-order valence-electron chi connectivity index (χ2n) is 6.80. The average Bonchev–Trinajstić information content (AvgIpc) is 2.60. The highest BCUT2D eigenvalue weighted by Crippen LogP contribution is 2.28. The summed E-state index contributed by atoms with van der Waals surface area (Å²) >= 11 is 6.16. The van der Waals surface area contributed by atoms with Crippen LogP contribution >= 0.6 is 11.6 Å². The van der Waals surface area contributed by atoms with Crippen molar-refractivity contribution < 1.29 is 22.7 Å². The largest absolute Gasteiger partial charge is 0.373 e. The molecule has 10 heteroatoms. The molecule has 0 spiro atoms. The minimum Gasteiger partial charge on any atom is -0.373 e. The third-order valence-corrected chi connectivity index (χ3v) is 6.82. The summed E-state index contributed by atoms with van der Waals surface area (Å²) in [7, 11) is -3.88. The van der Waals surface area contributed by atoms with Crippen molar-refractivity contribution in [2.24, 2.45) is 0 Å². The van der Waals surface area contributed by atoms with E-state index >= 15 is 0 Å². The van der Waals surface area contributed by atoms with Gasteiger partial charge in [-0.1, -0.05) is 11.6 Å². The van der Waals surface area contributed by atoms with Crippen LogP contribution in [0.25, 0.3) is 0 Å². The van der Waals surface area contributed by atoms with E-state index in [1.54, 1.807) is 13.8 Å². The Kier molecular flexibility index (Phi) is 5.76. The Morgan fingerprint density at radius 2 is 1.93 bits per heavy atom. The Hall–Kier alpha value is -1.68. The van der Waals surface area contributed by atoms with Gasteiger partial charge in [0, 0.05) is 31.7 Å². The molecule has 1 N–H and O–H groups in total. The number of benzene rings is 1. The number of amides is 2. The molecule has 148 valence electrons. The number of nitrogens with one attached hydrogen (secondary N) is 1. The minimum absolute atomic E-state index is 0.0507. The molecule has 0 aromatic heterocycles. The van der Waals surface area contributed by atoms with Crippen LogP contribution in [0, 0.1) is 0 Å². The third kappa shape index (κ3) is 4.26. The molecule has 3 rings (SSSR count). The molecule has 2 heterocycles. The molecule has 2 aliphatic rings. The van der Waals surface area contributed by atoms with Crippen LogP contribution < -0.4 is 5.32 Å². The third-order valence-electron chi connectivity index (χ3n) is 4.51. The van der Waals surface area contributed by atoms with Gasteiger partial charge in [-0.25, -0.2) is 8.42 Å². The second kappa shape index (κ2) is 7.75. The lowest BCUT2D eigenvalue weighted by Crippen LogP contribution is -2.50. The molecule has 0 saturated carbocycles. The Morgan fingerprint density at radius 1 is 1.26 bits per heavy atom. The van der Waals surface area contributed by atoms with Crippen LogP contribution in [0.1, 0.15) is 24.2 Å². The molecular formula is C17H22ClN3O5S. The van der Waals surface area contributed by atoms with E-state index in [4.69, 9.17) is 16.3 Å². The molecule has 2 fully saturated rings. The highest BCUT2D eigenvalue weighted by molar-refractivity contribution is 7.89. The van der Waals surface area contributed by atoms with Crippen molar-refractivity contribution in [1.82, 2.24) is 14.5 Å². The fraction of sp³-hybridized carbons (Fsp3) is 0.529. The molecule has 8 nitrogen and oxygen atoms in total. The van der Waals surface area contributed by atoms with Crippen molar-refractivity contribution in [3.63, 3.8) is 0 Å². The smallest absolute Gasteiger partial charge is 0.254 e. The zero-order valence-electron chi connectivity index (χ0n) is 15.1. The lowest BCUT2D eigenvalue weighted by Gasteiger charge is -2.34. The first-order valence-corrected chi connectivity index (χ1v) is 10.5. The maximum Gasteiger partial charge on any atom is 0.254 e. The number of hydrogen-bond acceptors (Lipinski definition) is 5. The van der Waals surface area contributed by atoms with Crippen molar-refractivity contribution in [3.8, 4) is 0 Å². The van der Waals surface area contributed by atoms with Gasteiger partial charge in [-0.15, -0.1) is 0 Å². The highest BCUT2D eigenvalue weighted by Gasteiger charge is 2.34. The van der Waals surface area contributed by atoms with Crippen LogP contribution in [0.3, 0.4) is 0 Å². The van der Waals surface area contributed by atoms with Gasteiger partial charge in [0.25, 0.3) is 5.91 Å². The topological polar surface area (TPSA) is 96.0 Å². The number of carbonyl (C=O) groups excluding carboxylic acids is 2. The molecular weight excluding hydrogens is 394 g/mol. The number of nitrogens with zero attached hydrogens (tertiary/aromatic N) is 2. The van der Waals surface area contributed by atoms with Crippen LogP contribution in [0.15, 0.2) is 23.1 Å². The van der Waals surface area contributed by atoms with E-state index < -0.39 is 15.9 Å². The van der Waals surface area contributed by atoms with Gasteiger partial charge >= 0.3 is 0 Å². The van der Waals surface area contributed by atoms with Crippen molar-refractivity contribution in [2.45, 2.75) is 31.0 Å². The molecule has 0 aliphatic carbocycles. The molecule has 1 aromatic rings. The normalized spacial score (nSPS) is 24.6. The van der Waals surface area contributed by atoms with Gasteiger partial charge in [-0.2, -0.15) is 4.31 Å². The number of halogens is 1. The summed E-state index contributed by atoms with van der Waals surface area (Å²) in [6.45, 7) is 4.73. The Bertz CT molecular complexity index is 850. The molecule has 2 atom stereocenters. The summed E-state index contributed by atoms with van der Waals surface area (Å²) in [5.74, 6) is -0.644. The summed E-state index contributed by atoms with van der Waals surface area (Å²) in [6.07, 6.45) is -0.474. The van der Waals surface area contributed by atoms with Gasteiger partial charge in [-0.3, -0.25) is 9.59 Å². The van der Waals surface area contributed by atoms with Gasteiger partial charge in [0.2, 0.25) is 15.9 Å². The quantitative estimate of drug-likeness (QED) is 0.784. The fourth-order valence-corrected chi connectivity index (χ4v) is 5.39. The highest BCUT2D eigenvalue weighted by atomic mass is 35.5. The van der Waals surface area contributed by atoms with Gasteiger partial charge in [0.05, 0.1) is 23.8 Å². The van der Waals surface area contributed by atoms with Gasteiger partial charge in [0.1, 0.15) is 4.90 Å². The zero-order chi connectivity index (χ0) is 19.8. The molecule has 0 unspecified atom stereocenters. The minimum atomic E-state index is -3.88. The van der Waals surface area contributed by atoms with E-state index in [-0.39, 0.29) is 53.2 Å². The predicted octanol–water partition coefficient (Wildman–Crippen LogP) is 0.710. The van der Waals surface area contributed by atoms with Crippen molar-refractivity contribution in [2.75, 3.05) is 32.7 Å². The van der Waals surface area contributed by atoms with Crippen molar-refractivity contribution in [1.29, 1.82) is 0 Å². The van der Waals surface area contributed by atoms with Crippen LogP contribution in [-0.2, 0) is 19.6 Å². The number of hydrogen-bond donors (Lipinski definition) is 1. The van der Waals surface area contributed by atoms with E-state index in [0.29, 0.717) is 13.1 Å². The van der Waals surface area contributed by atoms with E-state index in [2.05, 4.69) is 5.32 Å². The lowest BCUT2D eigenvalue weighted by molar-refractivity contribution is -0.123. The fourth-order valence-electron chi connectivity index (χ4n) is 3.29. The van der Waals surface area contributed by atoms with E-state index in [1.807, 2.05) is 0 Å². The SMILES string of the molecule is C[C@H]1CN(S(=O)(=O)c2cc(C(=O)N3CCNC(=O)C3)ccc2Cl)C[C@H](C)O1. The van der Waals surface area contributed by atoms with Crippen LogP contribution in [-0.4, -0.2) is 74.4 Å². The zero-order valence-corrected chi connectivity index (χ0v) is 16.7. The number of sulfonamides is 1. The first kappa shape index (κ1) is 20.1. The first-order chi connectivity index (χ1) is 12.7. The van der Waals surface area contributed by atoms with E-state index in [9.17, 15) is 18.0 Å². The maximum atomic E-state index is 13.1. The van der Waals surface area contributed by atoms with Crippen molar-refractivity contribution in [3.05, 3.63) is 28.8 Å². The molecule has 2 amide bonds. The summed E-state index contributed by atoms with van der Waals surface area (Å²) < 4.78 is 33.1. The molecule has 2 aliphatic heterocycles. The summed E-state index contributed by atoms with van der Waals surface area (Å²) in [5, 5.41) is 2.70. The number of piperazine rings is 1. The molecule has 2 saturated heterocycles. The van der Waals surface area contributed by atoms with Gasteiger partial charge in [-0.05, 0) is 32.0 Å². The monoisotopic (exact) mass is 415 g/mol. The number of carbonyl (C=O) groups is 2. The maximum absolute atomic E-state index is 13.1. The predicted molar refractivity (Wildman–Crippen MR) is 99.1 cm³/mol. The van der Waals surface area contributed by atoms with Crippen LogP contribution in [0.5, 0.6) is 0 Å². The molecule has 27 heavy (non-hydrogen) atoms. The van der Waals surface area contributed by atoms with Crippen LogP contribution in [0.4, 0.5) is 0 Å². The standard InChI is InChI=1S/C17H22ClN3O5S/c1-11-8-21(9-12(2)26-11)27(24,25)15-7-13(3-4-14(15)18)17(23)20-6-5-19-16(22)10-20/h3-4,7,11-12H,5-6,8-10H2,1-2H3,(H,19,22)/t11-,12-/m0/s1. The second-order valence-corrected chi connectivity index (χ2v) is 9.11. The molecule has 0 bridgehead atoms.